The van der Waals surface area contributed by atoms with Gasteiger partial charge in [0, 0.05) is 33.3 Å². The van der Waals surface area contributed by atoms with Crippen LogP contribution in [0.25, 0.3) is 0 Å². The number of nitrogens with one attached hydrogen (secondary N) is 1. The molecule has 0 unspecified atom stereocenters. The molecule has 1 aliphatic carbocycles. The molecular weight excluding hydrogens is 420 g/mol. The van der Waals surface area contributed by atoms with Crippen LogP contribution in [0.4, 0.5) is 0 Å². The number of allylic oxidation sites excluding steroid dienone is 3. The first-order chi connectivity index (χ1) is 13.9. The van der Waals surface area contributed by atoms with Gasteiger partial charge < -0.3 is 5.32 Å². The molecule has 29 heavy (non-hydrogen) atoms. The highest BCUT2D eigenvalue weighted by Gasteiger charge is 2.42. The van der Waals surface area contributed by atoms with Gasteiger partial charge in [0.1, 0.15) is 0 Å². The third kappa shape index (κ3) is 4.16. The fourth-order valence-corrected chi connectivity index (χ4v) is 5.95. The fraction of sp³-hybridized carbons (Fsp3) is 0.304. The molecule has 1 N–H and O–H groups in total. The molecule has 0 saturated carbocycles. The normalized spacial score (nSPS) is 20.9. The minimum Gasteiger partial charge on any atom is -0.352 e. The number of thioether (sulfide) groups is 1. The molecule has 0 spiro atoms. The highest BCUT2D eigenvalue weighted by molar-refractivity contribution is 8.02. The second kappa shape index (κ2) is 8.02. The van der Waals surface area contributed by atoms with Crippen LogP contribution >= 0.6 is 34.7 Å². The quantitative estimate of drug-likeness (QED) is 0.597. The maximum absolute atomic E-state index is 13.1. The summed E-state index contributed by atoms with van der Waals surface area (Å²) in [5.74, 6) is 0.603. The first-order valence-corrected chi connectivity index (χ1v) is 11.7. The topological polar surface area (TPSA) is 52.9 Å². The van der Waals surface area contributed by atoms with E-state index in [4.69, 9.17) is 11.6 Å². The first-order valence-electron chi connectivity index (χ1n) is 9.46. The number of ketones is 1. The summed E-state index contributed by atoms with van der Waals surface area (Å²) in [6.07, 6.45) is 1.32. The lowest BCUT2D eigenvalue weighted by Crippen LogP contribution is -2.36. The van der Waals surface area contributed by atoms with E-state index < -0.39 is 0 Å². The summed E-state index contributed by atoms with van der Waals surface area (Å²) in [5, 5.41) is 17.1. The second-order valence-corrected chi connectivity index (χ2v) is 10.6. The fourth-order valence-electron chi connectivity index (χ4n) is 3.97. The highest BCUT2D eigenvalue weighted by Crippen LogP contribution is 2.48. The van der Waals surface area contributed by atoms with E-state index in [2.05, 4.69) is 25.2 Å². The van der Waals surface area contributed by atoms with E-state index in [9.17, 15) is 10.1 Å². The lowest BCUT2D eigenvalue weighted by Gasteiger charge is -2.38. The Kier molecular flexibility index (Phi) is 5.61. The maximum Gasteiger partial charge on any atom is 0.162 e. The molecule has 1 aliphatic heterocycles. The van der Waals surface area contributed by atoms with Crippen LogP contribution in [0.3, 0.4) is 0 Å². The van der Waals surface area contributed by atoms with Crippen molar-refractivity contribution in [3.8, 4) is 6.07 Å². The van der Waals surface area contributed by atoms with Gasteiger partial charge in [0.15, 0.2) is 5.78 Å². The van der Waals surface area contributed by atoms with Gasteiger partial charge in [0.05, 0.1) is 22.6 Å². The molecule has 1 aromatic carbocycles. The smallest absolute Gasteiger partial charge is 0.162 e. The summed E-state index contributed by atoms with van der Waals surface area (Å²) < 4.78 is 0. The van der Waals surface area contributed by atoms with E-state index >= 15 is 0 Å². The molecule has 0 radical (unpaired) electrons. The number of nitrogens with zero attached hydrogens (tertiary/aromatic N) is 1. The molecule has 0 amide bonds. The Balaban J connectivity index is 1.72. The number of carbonyl (C=O) groups is 1. The zero-order valence-electron chi connectivity index (χ0n) is 16.3. The van der Waals surface area contributed by atoms with Crippen molar-refractivity contribution >= 4 is 40.5 Å². The molecule has 4 rings (SSSR count). The average molecular weight is 441 g/mol. The minimum absolute atomic E-state index is 0.0843. The Morgan fingerprint density at radius 2 is 2.03 bits per heavy atom. The van der Waals surface area contributed by atoms with Gasteiger partial charge >= 0.3 is 0 Å². The minimum atomic E-state index is -0.271. The second-order valence-electron chi connectivity index (χ2n) is 8.18. The van der Waals surface area contributed by atoms with E-state index in [1.165, 1.54) is 0 Å². The Labute approximate surface area is 184 Å². The lowest BCUT2D eigenvalue weighted by atomic mass is 9.70. The van der Waals surface area contributed by atoms with E-state index in [1.807, 2.05) is 41.8 Å². The van der Waals surface area contributed by atoms with E-state index in [1.54, 1.807) is 23.1 Å². The molecule has 0 saturated heterocycles. The van der Waals surface area contributed by atoms with Gasteiger partial charge in [-0.3, -0.25) is 4.79 Å². The zero-order valence-corrected chi connectivity index (χ0v) is 18.7. The van der Waals surface area contributed by atoms with Crippen LogP contribution < -0.4 is 5.32 Å². The third-order valence-corrected chi connectivity index (χ3v) is 7.53. The largest absolute Gasteiger partial charge is 0.352 e. The van der Waals surface area contributed by atoms with E-state index in [-0.39, 0.29) is 17.1 Å². The SMILES string of the molecule is CC1(C)CC(=O)C2=C(C1)NC(SCc1ccc(Cl)cc1)=C(C#N)[C@H]2c1cccs1. The summed E-state index contributed by atoms with van der Waals surface area (Å²) in [7, 11) is 0. The predicted octanol–water partition coefficient (Wildman–Crippen LogP) is 6.40. The summed E-state index contributed by atoms with van der Waals surface area (Å²) in [6, 6.07) is 14.2. The van der Waals surface area contributed by atoms with Crippen LogP contribution in [-0.4, -0.2) is 5.78 Å². The molecule has 0 bridgehead atoms. The van der Waals surface area contributed by atoms with Crippen molar-refractivity contribution in [1.82, 2.24) is 5.32 Å². The summed E-state index contributed by atoms with van der Waals surface area (Å²) in [5.41, 5.74) is 3.44. The van der Waals surface area contributed by atoms with Crippen molar-refractivity contribution in [2.75, 3.05) is 0 Å². The third-order valence-electron chi connectivity index (χ3n) is 5.25. The molecule has 1 atom stereocenters. The van der Waals surface area contributed by atoms with Crippen LogP contribution in [0.1, 0.15) is 43.0 Å². The number of halogens is 1. The van der Waals surface area contributed by atoms with E-state index in [0.717, 1.165) is 38.9 Å². The Hall–Kier alpha value is -2.00. The van der Waals surface area contributed by atoms with Crippen molar-refractivity contribution in [1.29, 1.82) is 5.26 Å². The maximum atomic E-state index is 13.1. The number of hydrogen-bond donors (Lipinski definition) is 1. The lowest BCUT2D eigenvalue weighted by molar-refractivity contribution is -0.118. The molecule has 2 aliphatic rings. The van der Waals surface area contributed by atoms with Crippen molar-refractivity contribution in [3.05, 3.63) is 79.1 Å². The van der Waals surface area contributed by atoms with Gasteiger partial charge in [0.25, 0.3) is 0 Å². The number of nitriles is 1. The summed E-state index contributed by atoms with van der Waals surface area (Å²) in [4.78, 5) is 14.1. The van der Waals surface area contributed by atoms with Gasteiger partial charge in [0.2, 0.25) is 0 Å². The highest BCUT2D eigenvalue weighted by atomic mass is 35.5. The molecule has 1 aromatic heterocycles. The predicted molar refractivity (Wildman–Crippen MR) is 121 cm³/mol. The molecule has 148 valence electrons. The number of hydrogen-bond acceptors (Lipinski definition) is 5. The van der Waals surface area contributed by atoms with Crippen LogP contribution in [0, 0.1) is 16.7 Å². The number of carbonyl (C=O) groups excluding carboxylic acids is 1. The molecule has 0 fully saturated rings. The van der Waals surface area contributed by atoms with Crippen molar-refractivity contribution in [3.63, 3.8) is 0 Å². The number of rotatable bonds is 4. The zero-order chi connectivity index (χ0) is 20.6. The molecule has 6 heteroatoms. The molecule has 2 aromatic rings. The average Bonchev–Trinajstić information content (AvgIpc) is 3.19. The first kappa shape index (κ1) is 20.3. The van der Waals surface area contributed by atoms with Crippen molar-refractivity contribution in [2.24, 2.45) is 5.41 Å². The number of thiophene rings is 1. The molecule has 3 nitrogen and oxygen atoms in total. The summed E-state index contributed by atoms with van der Waals surface area (Å²) in [6.45, 7) is 4.25. The Morgan fingerprint density at radius 3 is 2.69 bits per heavy atom. The van der Waals surface area contributed by atoms with Gasteiger partial charge in [-0.25, -0.2) is 0 Å². The van der Waals surface area contributed by atoms with E-state index in [0.29, 0.717) is 17.0 Å². The monoisotopic (exact) mass is 440 g/mol. The van der Waals surface area contributed by atoms with Crippen molar-refractivity contribution < 1.29 is 4.79 Å². The summed E-state index contributed by atoms with van der Waals surface area (Å²) >= 11 is 9.20. The molecular formula is C23H21ClN2OS2. The van der Waals surface area contributed by atoms with Gasteiger partial charge in [-0.05, 0) is 41.0 Å². The number of dihydropyridines is 1. The Morgan fingerprint density at radius 1 is 1.28 bits per heavy atom. The van der Waals surface area contributed by atoms with Crippen LogP contribution in [0.2, 0.25) is 5.02 Å². The van der Waals surface area contributed by atoms with Crippen molar-refractivity contribution in [2.45, 2.75) is 38.4 Å². The van der Waals surface area contributed by atoms with Gasteiger partial charge in [-0.2, -0.15) is 5.26 Å². The van der Waals surface area contributed by atoms with Gasteiger partial charge in [-0.1, -0.05) is 43.6 Å². The molecule has 2 heterocycles. The number of benzene rings is 1. The van der Waals surface area contributed by atoms with Crippen LogP contribution in [-0.2, 0) is 10.5 Å². The van der Waals surface area contributed by atoms with Crippen LogP contribution in [0.15, 0.2) is 63.7 Å². The number of Topliss-reactive ketones (excluding diaryl/α,β-unsaturated/α-hetero) is 1. The van der Waals surface area contributed by atoms with Gasteiger partial charge in [-0.15, -0.1) is 23.1 Å². The Bertz CT molecular complexity index is 1040. The standard InChI is InChI=1S/C23H21ClN2OS2/c1-23(2)10-17-21(18(27)11-23)20(19-4-3-9-28-19)16(12-25)22(26-17)29-13-14-5-7-15(24)8-6-14/h3-9,20,26H,10-11,13H2,1-2H3/t20-/m0/s1. The van der Waals surface area contributed by atoms with Crippen LogP contribution in [0.5, 0.6) is 0 Å².